The SMILES string of the molecule is CC(=O)c1ccc(NC(=O)C2(C(=O)Nc3cccc(F)c3)CC2)cc1. The fourth-order valence-electron chi connectivity index (χ4n) is 2.54. The highest BCUT2D eigenvalue weighted by Crippen LogP contribution is 2.47. The zero-order valence-corrected chi connectivity index (χ0v) is 13.6. The lowest BCUT2D eigenvalue weighted by Gasteiger charge is -2.15. The molecule has 0 radical (unpaired) electrons. The summed E-state index contributed by atoms with van der Waals surface area (Å²) in [6.45, 7) is 1.46. The second-order valence-corrected chi connectivity index (χ2v) is 6.13. The molecule has 0 aliphatic heterocycles. The predicted molar refractivity (Wildman–Crippen MR) is 91.8 cm³/mol. The maximum atomic E-state index is 13.2. The third-order valence-electron chi connectivity index (χ3n) is 4.25. The van der Waals surface area contributed by atoms with Crippen LogP contribution in [0, 0.1) is 11.2 Å². The van der Waals surface area contributed by atoms with Gasteiger partial charge in [0.25, 0.3) is 0 Å². The van der Waals surface area contributed by atoms with E-state index >= 15 is 0 Å². The van der Waals surface area contributed by atoms with Gasteiger partial charge >= 0.3 is 0 Å². The Balaban J connectivity index is 1.68. The van der Waals surface area contributed by atoms with Crippen molar-refractivity contribution in [1.29, 1.82) is 0 Å². The number of Topliss-reactive ketones (excluding diaryl/α,β-unsaturated/α-hetero) is 1. The van der Waals surface area contributed by atoms with Crippen LogP contribution in [0.25, 0.3) is 0 Å². The highest BCUT2D eigenvalue weighted by Gasteiger charge is 2.56. The fourth-order valence-corrected chi connectivity index (χ4v) is 2.54. The number of amides is 2. The van der Waals surface area contributed by atoms with Crippen LogP contribution in [-0.2, 0) is 9.59 Å². The number of carbonyl (C=O) groups is 3. The van der Waals surface area contributed by atoms with Gasteiger partial charge in [-0.15, -0.1) is 0 Å². The maximum Gasteiger partial charge on any atom is 0.240 e. The first-order valence-corrected chi connectivity index (χ1v) is 7.90. The van der Waals surface area contributed by atoms with Crippen LogP contribution in [0.5, 0.6) is 0 Å². The molecule has 0 unspecified atom stereocenters. The molecule has 5 nitrogen and oxygen atoms in total. The number of halogens is 1. The van der Waals surface area contributed by atoms with Crippen LogP contribution in [0.4, 0.5) is 15.8 Å². The van der Waals surface area contributed by atoms with Gasteiger partial charge in [-0.1, -0.05) is 6.07 Å². The second kappa shape index (κ2) is 6.47. The molecule has 0 spiro atoms. The third kappa shape index (κ3) is 3.57. The zero-order valence-electron chi connectivity index (χ0n) is 13.6. The van der Waals surface area contributed by atoms with E-state index in [1.54, 1.807) is 30.3 Å². The normalized spacial score (nSPS) is 14.5. The first-order chi connectivity index (χ1) is 11.9. The van der Waals surface area contributed by atoms with Crippen molar-refractivity contribution in [2.24, 2.45) is 5.41 Å². The van der Waals surface area contributed by atoms with E-state index in [0.717, 1.165) is 0 Å². The maximum absolute atomic E-state index is 13.2. The van der Waals surface area contributed by atoms with Crippen molar-refractivity contribution in [2.75, 3.05) is 10.6 Å². The minimum absolute atomic E-state index is 0.0639. The fraction of sp³-hybridized carbons (Fsp3) is 0.211. The molecule has 6 heteroatoms. The van der Waals surface area contributed by atoms with Crippen molar-refractivity contribution in [1.82, 2.24) is 0 Å². The summed E-state index contributed by atoms with van der Waals surface area (Å²) in [5.41, 5.74) is 0.240. The molecule has 1 fully saturated rings. The summed E-state index contributed by atoms with van der Waals surface area (Å²) in [5, 5.41) is 5.30. The summed E-state index contributed by atoms with van der Waals surface area (Å²) in [6.07, 6.45) is 0.872. The minimum atomic E-state index is -1.13. The van der Waals surface area contributed by atoms with Gasteiger partial charge in [-0.25, -0.2) is 4.39 Å². The average Bonchev–Trinajstić information content (AvgIpc) is 3.37. The topological polar surface area (TPSA) is 75.3 Å². The highest BCUT2D eigenvalue weighted by molar-refractivity contribution is 6.17. The van der Waals surface area contributed by atoms with Gasteiger partial charge in [-0.05, 0) is 62.2 Å². The molecular weight excluding hydrogens is 323 g/mol. The summed E-state index contributed by atoms with van der Waals surface area (Å²) in [4.78, 5) is 36.2. The summed E-state index contributed by atoms with van der Waals surface area (Å²) in [7, 11) is 0. The quantitative estimate of drug-likeness (QED) is 0.647. The number of hydrogen-bond donors (Lipinski definition) is 2. The minimum Gasteiger partial charge on any atom is -0.325 e. The van der Waals surface area contributed by atoms with Crippen LogP contribution in [-0.4, -0.2) is 17.6 Å². The van der Waals surface area contributed by atoms with Gasteiger partial charge in [0.2, 0.25) is 11.8 Å². The average molecular weight is 340 g/mol. The summed E-state index contributed by atoms with van der Waals surface area (Å²) >= 11 is 0. The molecule has 2 aromatic carbocycles. The van der Waals surface area contributed by atoms with E-state index in [-0.39, 0.29) is 5.78 Å². The number of carbonyl (C=O) groups excluding carboxylic acids is 3. The van der Waals surface area contributed by atoms with E-state index in [1.807, 2.05) is 0 Å². The van der Waals surface area contributed by atoms with Gasteiger partial charge in [0.1, 0.15) is 11.2 Å². The van der Waals surface area contributed by atoms with Gasteiger partial charge in [0, 0.05) is 16.9 Å². The molecule has 1 aliphatic carbocycles. The smallest absolute Gasteiger partial charge is 0.240 e. The number of nitrogens with one attached hydrogen (secondary N) is 2. The molecule has 2 N–H and O–H groups in total. The molecule has 0 aromatic heterocycles. The van der Waals surface area contributed by atoms with Gasteiger partial charge in [0.05, 0.1) is 0 Å². The standard InChI is InChI=1S/C19H17FN2O3/c1-12(23)13-5-7-15(8-6-13)21-17(24)19(9-10-19)18(25)22-16-4-2-3-14(20)11-16/h2-8,11H,9-10H2,1H3,(H,21,24)(H,22,25). The zero-order chi connectivity index (χ0) is 18.0. The lowest BCUT2D eigenvalue weighted by Crippen LogP contribution is -2.35. The molecule has 25 heavy (non-hydrogen) atoms. The van der Waals surface area contributed by atoms with Crippen molar-refractivity contribution >= 4 is 29.0 Å². The Bertz CT molecular complexity index is 842. The number of ketones is 1. The van der Waals surface area contributed by atoms with Crippen LogP contribution in [0.3, 0.4) is 0 Å². The van der Waals surface area contributed by atoms with E-state index in [1.165, 1.54) is 25.1 Å². The Morgan fingerprint density at radius 3 is 2.04 bits per heavy atom. The summed E-state index contributed by atoms with van der Waals surface area (Å²) < 4.78 is 13.2. The first-order valence-electron chi connectivity index (χ1n) is 7.90. The van der Waals surface area contributed by atoms with Crippen molar-refractivity contribution in [3.05, 3.63) is 59.9 Å². The number of rotatable bonds is 5. The van der Waals surface area contributed by atoms with Gasteiger partial charge in [0.15, 0.2) is 5.78 Å². The van der Waals surface area contributed by atoms with Crippen molar-refractivity contribution in [2.45, 2.75) is 19.8 Å². The van der Waals surface area contributed by atoms with E-state index in [4.69, 9.17) is 0 Å². The molecule has 0 atom stereocenters. The van der Waals surface area contributed by atoms with E-state index < -0.39 is 23.0 Å². The number of anilines is 2. The summed E-state index contributed by atoms with van der Waals surface area (Å²) in [5.74, 6) is -1.38. The van der Waals surface area contributed by atoms with Crippen molar-refractivity contribution < 1.29 is 18.8 Å². The van der Waals surface area contributed by atoms with Crippen LogP contribution < -0.4 is 10.6 Å². The first kappa shape index (κ1) is 16.8. The van der Waals surface area contributed by atoms with Crippen LogP contribution in [0.15, 0.2) is 48.5 Å². The molecule has 0 saturated heterocycles. The Kier molecular flexibility index (Phi) is 4.35. The lowest BCUT2D eigenvalue weighted by molar-refractivity contribution is -0.131. The Morgan fingerprint density at radius 2 is 1.52 bits per heavy atom. The van der Waals surface area contributed by atoms with Crippen molar-refractivity contribution in [3.8, 4) is 0 Å². The van der Waals surface area contributed by atoms with Crippen LogP contribution >= 0.6 is 0 Å². The molecule has 128 valence electrons. The molecule has 2 aromatic rings. The predicted octanol–water partition coefficient (Wildman–Crippen LogP) is 3.39. The van der Waals surface area contributed by atoms with Crippen LogP contribution in [0.1, 0.15) is 30.1 Å². The number of hydrogen-bond acceptors (Lipinski definition) is 3. The van der Waals surface area contributed by atoms with Gasteiger partial charge < -0.3 is 10.6 Å². The number of benzene rings is 2. The van der Waals surface area contributed by atoms with E-state index in [9.17, 15) is 18.8 Å². The molecule has 1 saturated carbocycles. The lowest BCUT2D eigenvalue weighted by atomic mass is 10.0. The largest absolute Gasteiger partial charge is 0.325 e. The molecule has 0 bridgehead atoms. The third-order valence-corrected chi connectivity index (χ3v) is 4.25. The molecule has 1 aliphatic rings. The molecule has 0 heterocycles. The monoisotopic (exact) mass is 340 g/mol. The Morgan fingerprint density at radius 1 is 0.920 bits per heavy atom. The van der Waals surface area contributed by atoms with Gasteiger partial charge in [-0.2, -0.15) is 0 Å². The highest BCUT2D eigenvalue weighted by atomic mass is 19.1. The molecule has 2 amide bonds. The Hall–Kier alpha value is -3.02. The summed E-state index contributed by atoms with van der Waals surface area (Å²) in [6, 6.07) is 12.0. The second-order valence-electron chi connectivity index (χ2n) is 6.13. The van der Waals surface area contributed by atoms with E-state index in [0.29, 0.717) is 29.8 Å². The molecular formula is C19H17FN2O3. The molecule has 3 rings (SSSR count). The Labute approximate surface area is 144 Å². The van der Waals surface area contributed by atoms with Gasteiger partial charge in [-0.3, -0.25) is 14.4 Å². The van der Waals surface area contributed by atoms with Crippen molar-refractivity contribution in [3.63, 3.8) is 0 Å². The van der Waals surface area contributed by atoms with Crippen LogP contribution in [0.2, 0.25) is 0 Å². The van der Waals surface area contributed by atoms with E-state index in [2.05, 4.69) is 10.6 Å².